The van der Waals surface area contributed by atoms with Gasteiger partial charge in [0.2, 0.25) is 0 Å². The number of hydrogen-bond acceptors (Lipinski definition) is 4. The van der Waals surface area contributed by atoms with Crippen molar-refractivity contribution in [3.8, 4) is 11.5 Å². The molecule has 112 valence electrons. The summed E-state index contributed by atoms with van der Waals surface area (Å²) < 4.78 is 10.3. The molecule has 1 aliphatic rings. The predicted molar refractivity (Wildman–Crippen MR) is 79.8 cm³/mol. The van der Waals surface area contributed by atoms with Gasteiger partial charge >= 0.3 is 0 Å². The molecular weight excluding hydrogens is 280 g/mol. The summed E-state index contributed by atoms with van der Waals surface area (Å²) in [6.45, 7) is 0.499. The van der Waals surface area contributed by atoms with E-state index >= 15 is 0 Å². The average molecular weight is 301 g/mol. The molecule has 0 bridgehead atoms. The molecule has 0 radical (unpaired) electrons. The van der Waals surface area contributed by atoms with Gasteiger partial charge in [0.25, 0.3) is 5.91 Å². The zero-order valence-corrected chi connectivity index (χ0v) is 12.5. The Kier molecular flexibility index (Phi) is 6.10. The van der Waals surface area contributed by atoms with E-state index in [0.717, 1.165) is 0 Å². The number of ether oxygens (including phenoxy) is 2. The highest BCUT2D eigenvalue weighted by Gasteiger charge is 2.28. The summed E-state index contributed by atoms with van der Waals surface area (Å²) in [5, 5.41) is 2.85. The molecule has 1 aromatic carbocycles. The molecule has 1 fully saturated rings. The van der Waals surface area contributed by atoms with Crippen LogP contribution in [0.15, 0.2) is 18.2 Å². The first-order valence-corrected chi connectivity index (χ1v) is 6.41. The van der Waals surface area contributed by atoms with Crippen molar-refractivity contribution >= 4 is 18.3 Å². The van der Waals surface area contributed by atoms with Gasteiger partial charge in [-0.3, -0.25) is 4.79 Å². The second kappa shape index (κ2) is 7.36. The quantitative estimate of drug-likeness (QED) is 0.837. The number of amides is 1. The molecule has 0 spiro atoms. The van der Waals surface area contributed by atoms with E-state index in [4.69, 9.17) is 15.2 Å². The van der Waals surface area contributed by atoms with E-state index in [1.54, 1.807) is 25.3 Å². The zero-order valence-electron chi connectivity index (χ0n) is 11.7. The summed E-state index contributed by atoms with van der Waals surface area (Å²) in [4.78, 5) is 12.1. The van der Waals surface area contributed by atoms with E-state index in [1.165, 1.54) is 20.0 Å². The van der Waals surface area contributed by atoms with Gasteiger partial charge in [-0.25, -0.2) is 0 Å². The summed E-state index contributed by atoms with van der Waals surface area (Å²) in [7, 11) is 3.10. The Balaban J connectivity index is 0.00000200. The van der Waals surface area contributed by atoms with Crippen LogP contribution in [0, 0.1) is 5.92 Å². The van der Waals surface area contributed by atoms with Crippen LogP contribution in [-0.4, -0.2) is 32.7 Å². The molecule has 0 heterocycles. The minimum atomic E-state index is -0.171. The maximum Gasteiger partial charge on any atom is 0.255 e. The van der Waals surface area contributed by atoms with Crippen LogP contribution in [0.5, 0.6) is 11.5 Å². The minimum Gasteiger partial charge on any atom is -0.497 e. The van der Waals surface area contributed by atoms with Crippen LogP contribution in [0.3, 0.4) is 0 Å². The normalized spacial score (nSPS) is 14.9. The first-order chi connectivity index (χ1) is 9.15. The molecule has 1 unspecified atom stereocenters. The Bertz CT molecular complexity index is 464. The monoisotopic (exact) mass is 300 g/mol. The van der Waals surface area contributed by atoms with Crippen molar-refractivity contribution in [1.82, 2.24) is 5.32 Å². The number of methoxy groups -OCH3 is 2. The molecule has 2 rings (SSSR count). The number of carbonyl (C=O) groups excluding carboxylic acids is 1. The van der Waals surface area contributed by atoms with Gasteiger partial charge in [-0.1, -0.05) is 0 Å². The number of carbonyl (C=O) groups is 1. The molecule has 0 aromatic heterocycles. The summed E-state index contributed by atoms with van der Waals surface area (Å²) in [5.74, 6) is 1.55. The Morgan fingerprint density at radius 3 is 2.65 bits per heavy atom. The fourth-order valence-corrected chi connectivity index (χ4v) is 1.98. The van der Waals surface area contributed by atoms with Crippen molar-refractivity contribution < 1.29 is 14.3 Å². The van der Waals surface area contributed by atoms with E-state index in [2.05, 4.69) is 5.32 Å². The molecular formula is C14H21ClN2O3. The van der Waals surface area contributed by atoms with Gasteiger partial charge in [0, 0.05) is 18.7 Å². The molecule has 0 saturated heterocycles. The predicted octanol–water partition coefficient (Wildman–Crippen LogP) is 1.59. The van der Waals surface area contributed by atoms with Gasteiger partial charge in [0.15, 0.2) is 0 Å². The molecule has 1 saturated carbocycles. The lowest BCUT2D eigenvalue weighted by molar-refractivity contribution is 0.0947. The molecule has 3 N–H and O–H groups in total. The van der Waals surface area contributed by atoms with Gasteiger partial charge in [-0.15, -0.1) is 12.4 Å². The highest BCUT2D eigenvalue weighted by Crippen LogP contribution is 2.31. The maximum absolute atomic E-state index is 12.1. The van der Waals surface area contributed by atoms with Crippen LogP contribution in [0.25, 0.3) is 0 Å². The third-order valence-corrected chi connectivity index (χ3v) is 3.38. The molecule has 6 heteroatoms. The summed E-state index contributed by atoms with van der Waals surface area (Å²) in [5.41, 5.74) is 6.45. The molecule has 5 nitrogen and oxygen atoms in total. The number of hydrogen-bond donors (Lipinski definition) is 2. The largest absolute Gasteiger partial charge is 0.497 e. The molecule has 1 amide bonds. The van der Waals surface area contributed by atoms with Gasteiger partial charge in [-0.05, 0) is 30.9 Å². The maximum atomic E-state index is 12.1. The Hall–Kier alpha value is -1.46. The zero-order chi connectivity index (χ0) is 13.8. The lowest BCUT2D eigenvalue weighted by Gasteiger charge is -2.13. The van der Waals surface area contributed by atoms with E-state index in [1.807, 2.05) is 0 Å². The first kappa shape index (κ1) is 16.6. The van der Waals surface area contributed by atoms with Crippen LogP contribution in [0.4, 0.5) is 0 Å². The van der Waals surface area contributed by atoms with Crippen molar-refractivity contribution in [3.63, 3.8) is 0 Å². The Morgan fingerprint density at radius 2 is 2.10 bits per heavy atom. The molecule has 1 aliphatic carbocycles. The van der Waals surface area contributed by atoms with E-state index in [9.17, 15) is 4.79 Å². The number of nitrogens with two attached hydrogens (primary N) is 1. The molecule has 1 atom stereocenters. The second-order valence-electron chi connectivity index (χ2n) is 4.78. The summed E-state index contributed by atoms with van der Waals surface area (Å²) >= 11 is 0. The molecule has 1 aromatic rings. The van der Waals surface area contributed by atoms with Gasteiger partial charge < -0.3 is 20.5 Å². The molecule has 0 aliphatic heterocycles. The van der Waals surface area contributed by atoms with E-state index < -0.39 is 0 Å². The number of nitrogens with one attached hydrogen (secondary N) is 1. The SMILES string of the molecule is COc1ccc(C(=O)NCC(N)C2CC2)c(OC)c1.Cl. The standard InChI is InChI=1S/C14H20N2O3.ClH/c1-18-10-5-6-11(13(7-10)19-2)14(17)16-8-12(15)9-3-4-9;/h5-7,9,12H,3-4,8,15H2,1-2H3,(H,16,17);1H. The highest BCUT2D eigenvalue weighted by atomic mass is 35.5. The van der Waals surface area contributed by atoms with Crippen molar-refractivity contribution in [2.75, 3.05) is 20.8 Å². The Morgan fingerprint density at radius 1 is 1.40 bits per heavy atom. The number of rotatable bonds is 6. The van der Waals surface area contributed by atoms with Gasteiger partial charge in [-0.2, -0.15) is 0 Å². The summed E-state index contributed by atoms with van der Waals surface area (Å²) in [6, 6.07) is 5.16. The lowest BCUT2D eigenvalue weighted by Crippen LogP contribution is -2.38. The topological polar surface area (TPSA) is 73.6 Å². The van der Waals surface area contributed by atoms with Crippen molar-refractivity contribution in [2.24, 2.45) is 11.7 Å². The van der Waals surface area contributed by atoms with Crippen LogP contribution < -0.4 is 20.5 Å². The van der Waals surface area contributed by atoms with Crippen LogP contribution in [-0.2, 0) is 0 Å². The number of halogens is 1. The first-order valence-electron chi connectivity index (χ1n) is 6.41. The third-order valence-electron chi connectivity index (χ3n) is 3.38. The van der Waals surface area contributed by atoms with Crippen LogP contribution in [0.2, 0.25) is 0 Å². The van der Waals surface area contributed by atoms with Gasteiger partial charge in [0.05, 0.1) is 19.8 Å². The van der Waals surface area contributed by atoms with Crippen molar-refractivity contribution in [1.29, 1.82) is 0 Å². The van der Waals surface area contributed by atoms with Gasteiger partial charge in [0.1, 0.15) is 11.5 Å². The lowest BCUT2D eigenvalue weighted by atomic mass is 10.1. The molecule has 20 heavy (non-hydrogen) atoms. The van der Waals surface area contributed by atoms with Crippen molar-refractivity contribution in [3.05, 3.63) is 23.8 Å². The van der Waals surface area contributed by atoms with E-state index in [-0.39, 0.29) is 24.4 Å². The smallest absolute Gasteiger partial charge is 0.255 e. The van der Waals surface area contributed by atoms with E-state index in [0.29, 0.717) is 29.5 Å². The second-order valence-corrected chi connectivity index (χ2v) is 4.78. The minimum absolute atomic E-state index is 0. The Labute approximate surface area is 125 Å². The fraction of sp³-hybridized carbons (Fsp3) is 0.500. The fourth-order valence-electron chi connectivity index (χ4n) is 1.98. The average Bonchev–Trinajstić information content (AvgIpc) is 3.28. The van der Waals surface area contributed by atoms with Crippen LogP contribution >= 0.6 is 12.4 Å². The summed E-state index contributed by atoms with van der Waals surface area (Å²) in [6.07, 6.45) is 2.34. The number of benzene rings is 1. The van der Waals surface area contributed by atoms with Crippen LogP contribution in [0.1, 0.15) is 23.2 Å². The third kappa shape index (κ3) is 4.02. The van der Waals surface area contributed by atoms with Crippen molar-refractivity contribution in [2.45, 2.75) is 18.9 Å². The highest BCUT2D eigenvalue weighted by molar-refractivity contribution is 5.97.